The van der Waals surface area contributed by atoms with E-state index in [0.29, 0.717) is 44.7 Å². The lowest BCUT2D eigenvalue weighted by molar-refractivity contribution is -0.144. The molecule has 1 aliphatic heterocycles. The first-order valence-corrected chi connectivity index (χ1v) is 8.65. The zero-order chi connectivity index (χ0) is 17.6. The van der Waals surface area contributed by atoms with Crippen LogP contribution in [0.25, 0.3) is 0 Å². The van der Waals surface area contributed by atoms with E-state index >= 15 is 0 Å². The molecule has 6 heteroatoms. The number of primary amides is 2. The van der Waals surface area contributed by atoms with E-state index in [9.17, 15) is 14.4 Å². The molecule has 1 rings (SSSR count). The highest BCUT2D eigenvalue weighted by atomic mass is 16.2. The molecular formula is C17H31N3O3. The van der Waals surface area contributed by atoms with Gasteiger partial charge in [0.05, 0.1) is 0 Å². The maximum atomic E-state index is 12.9. The van der Waals surface area contributed by atoms with Gasteiger partial charge in [-0.3, -0.25) is 14.4 Å². The lowest BCUT2D eigenvalue weighted by Crippen LogP contribution is -2.47. The monoisotopic (exact) mass is 325 g/mol. The number of hydrogen-bond donors (Lipinski definition) is 2. The summed E-state index contributed by atoms with van der Waals surface area (Å²) in [6.45, 7) is 7.13. The highest BCUT2D eigenvalue weighted by molar-refractivity contribution is 5.87. The van der Waals surface area contributed by atoms with Gasteiger partial charge in [-0.15, -0.1) is 0 Å². The molecule has 23 heavy (non-hydrogen) atoms. The maximum absolute atomic E-state index is 12.9. The Bertz CT molecular complexity index is 429. The third-order valence-electron chi connectivity index (χ3n) is 4.70. The van der Waals surface area contributed by atoms with Gasteiger partial charge in [0, 0.05) is 30.8 Å². The molecule has 0 unspecified atom stereocenters. The van der Waals surface area contributed by atoms with Crippen LogP contribution in [0.2, 0.25) is 0 Å². The Kier molecular flexibility index (Phi) is 7.52. The van der Waals surface area contributed by atoms with E-state index in [1.807, 2.05) is 20.8 Å². The van der Waals surface area contributed by atoms with Crippen molar-refractivity contribution in [1.29, 1.82) is 0 Å². The Morgan fingerprint density at radius 2 is 1.65 bits per heavy atom. The molecule has 0 aliphatic carbocycles. The Morgan fingerprint density at radius 1 is 1.09 bits per heavy atom. The predicted octanol–water partition coefficient (Wildman–Crippen LogP) is 1.27. The molecule has 3 amide bonds. The highest BCUT2D eigenvalue weighted by Gasteiger charge is 2.36. The second kappa shape index (κ2) is 8.89. The van der Waals surface area contributed by atoms with E-state index in [0.717, 1.165) is 6.42 Å². The molecule has 0 aromatic heterocycles. The molecule has 4 N–H and O–H groups in total. The van der Waals surface area contributed by atoms with Gasteiger partial charge < -0.3 is 16.4 Å². The average molecular weight is 325 g/mol. The molecule has 6 nitrogen and oxygen atoms in total. The smallest absolute Gasteiger partial charge is 0.226 e. The van der Waals surface area contributed by atoms with Crippen LogP contribution in [-0.2, 0) is 14.4 Å². The first-order valence-electron chi connectivity index (χ1n) is 8.65. The summed E-state index contributed by atoms with van der Waals surface area (Å²) in [5.74, 6) is -1.30. The van der Waals surface area contributed by atoms with Crippen LogP contribution in [0.15, 0.2) is 0 Å². The molecule has 1 saturated heterocycles. The quantitative estimate of drug-likeness (QED) is 0.702. The predicted molar refractivity (Wildman–Crippen MR) is 89.0 cm³/mol. The highest BCUT2D eigenvalue weighted by Crippen LogP contribution is 2.28. The summed E-state index contributed by atoms with van der Waals surface area (Å²) in [7, 11) is 0. The molecule has 132 valence electrons. The first-order chi connectivity index (χ1) is 10.8. The summed E-state index contributed by atoms with van der Waals surface area (Å²) < 4.78 is 0. The van der Waals surface area contributed by atoms with E-state index < -0.39 is 11.8 Å². The molecule has 0 radical (unpaired) electrons. The summed E-state index contributed by atoms with van der Waals surface area (Å²) in [5, 5.41) is 0. The zero-order valence-corrected chi connectivity index (χ0v) is 14.6. The van der Waals surface area contributed by atoms with Crippen LogP contribution in [0.3, 0.4) is 0 Å². The molecule has 0 saturated carbocycles. The summed E-state index contributed by atoms with van der Waals surface area (Å²) in [6, 6.07) is 0. The first kappa shape index (κ1) is 19.5. The van der Waals surface area contributed by atoms with E-state index in [2.05, 4.69) is 0 Å². The van der Waals surface area contributed by atoms with Crippen LogP contribution in [0.5, 0.6) is 0 Å². The molecule has 0 spiro atoms. The Balaban J connectivity index is 2.83. The van der Waals surface area contributed by atoms with Gasteiger partial charge >= 0.3 is 0 Å². The fourth-order valence-electron chi connectivity index (χ4n) is 3.42. The van der Waals surface area contributed by atoms with Crippen molar-refractivity contribution >= 4 is 17.7 Å². The number of nitrogens with zero attached hydrogens (tertiary/aromatic N) is 1. The van der Waals surface area contributed by atoms with E-state index in [1.165, 1.54) is 0 Å². The van der Waals surface area contributed by atoms with E-state index in [4.69, 9.17) is 11.5 Å². The standard InChI is InChI=1S/C17H31N3O3/c1-4-5-13(16(19)22)14(10-11(2)3)17(23)20-8-6-12(7-9-20)15(18)21/h11-14H,4-10H2,1-3H3,(H2,18,21)(H2,19,22)/t13-,14+/m0/s1. The van der Waals surface area contributed by atoms with Gasteiger partial charge in [-0.05, 0) is 31.6 Å². The van der Waals surface area contributed by atoms with Gasteiger partial charge in [-0.25, -0.2) is 0 Å². The number of carbonyl (C=O) groups is 3. The molecule has 0 aromatic carbocycles. The van der Waals surface area contributed by atoms with Crippen LogP contribution in [-0.4, -0.2) is 35.7 Å². The van der Waals surface area contributed by atoms with Gasteiger partial charge in [0.25, 0.3) is 0 Å². The zero-order valence-electron chi connectivity index (χ0n) is 14.6. The molecule has 2 atom stereocenters. The number of rotatable bonds is 8. The summed E-state index contributed by atoms with van der Waals surface area (Å²) in [4.78, 5) is 37.8. The fourth-order valence-corrected chi connectivity index (χ4v) is 3.42. The van der Waals surface area contributed by atoms with Gasteiger partial charge in [-0.2, -0.15) is 0 Å². The molecule has 1 heterocycles. The largest absolute Gasteiger partial charge is 0.369 e. The van der Waals surface area contributed by atoms with Gasteiger partial charge in [0.1, 0.15) is 0 Å². The Morgan fingerprint density at radius 3 is 2.04 bits per heavy atom. The minimum Gasteiger partial charge on any atom is -0.369 e. The number of nitrogens with two attached hydrogens (primary N) is 2. The average Bonchev–Trinajstić information content (AvgIpc) is 2.49. The molecule has 1 aliphatic rings. The van der Waals surface area contributed by atoms with E-state index in [-0.39, 0.29) is 23.7 Å². The minimum absolute atomic E-state index is 0.00105. The summed E-state index contributed by atoms with van der Waals surface area (Å²) >= 11 is 0. The van der Waals surface area contributed by atoms with Crippen molar-refractivity contribution in [2.45, 2.75) is 52.9 Å². The SMILES string of the molecule is CCC[C@H](C(N)=O)[C@@H](CC(C)C)C(=O)N1CCC(C(N)=O)CC1. The van der Waals surface area contributed by atoms with Gasteiger partial charge in [0.2, 0.25) is 17.7 Å². The van der Waals surface area contributed by atoms with Crippen molar-refractivity contribution in [3.63, 3.8) is 0 Å². The van der Waals surface area contributed by atoms with Crippen LogP contribution < -0.4 is 11.5 Å². The Hall–Kier alpha value is -1.59. The normalized spacial score (nSPS) is 18.7. The molecule has 0 bridgehead atoms. The van der Waals surface area contributed by atoms with Crippen molar-refractivity contribution in [2.75, 3.05) is 13.1 Å². The second-order valence-electron chi connectivity index (χ2n) is 7.04. The summed E-state index contributed by atoms with van der Waals surface area (Å²) in [6.07, 6.45) is 3.31. The number of carbonyl (C=O) groups excluding carboxylic acids is 3. The van der Waals surface area contributed by atoms with Crippen LogP contribution >= 0.6 is 0 Å². The number of piperidine rings is 1. The lowest BCUT2D eigenvalue weighted by atomic mass is 9.80. The number of hydrogen-bond acceptors (Lipinski definition) is 3. The van der Waals surface area contributed by atoms with Crippen molar-refractivity contribution < 1.29 is 14.4 Å². The third kappa shape index (κ3) is 5.52. The lowest BCUT2D eigenvalue weighted by Gasteiger charge is -2.35. The Labute approximate surface area is 138 Å². The molecule has 1 fully saturated rings. The summed E-state index contributed by atoms with van der Waals surface area (Å²) in [5.41, 5.74) is 10.9. The minimum atomic E-state index is -0.413. The van der Waals surface area contributed by atoms with Crippen molar-refractivity contribution in [2.24, 2.45) is 35.1 Å². The van der Waals surface area contributed by atoms with Gasteiger partial charge in [-0.1, -0.05) is 27.2 Å². The number of likely N-dealkylation sites (tertiary alicyclic amines) is 1. The molecule has 0 aromatic rings. The maximum Gasteiger partial charge on any atom is 0.226 e. The van der Waals surface area contributed by atoms with Crippen LogP contribution in [0, 0.1) is 23.7 Å². The number of amides is 3. The van der Waals surface area contributed by atoms with Crippen LogP contribution in [0.1, 0.15) is 52.9 Å². The van der Waals surface area contributed by atoms with Crippen molar-refractivity contribution in [1.82, 2.24) is 4.90 Å². The van der Waals surface area contributed by atoms with Gasteiger partial charge in [0.15, 0.2) is 0 Å². The van der Waals surface area contributed by atoms with Crippen molar-refractivity contribution in [3.8, 4) is 0 Å². The molecular weight excluding hydrogens is 294 g/mol. The van der Waals surface area contributed by atoms with E-state index in [1.54, 1.807) is 4.90 Å². The van der Waals surface area contributed by atoms with Crippen molar-refractivity contribution in [3.05, 3.63) is 0 Å². The fraction of sp³-hybridized carbons (Fsp3) is 0.824. The topological polar surface area (TPSA) is 106 Å². The third-order valence-corrected chi connectivity index (χ3v) is 4.70. The second-order valence-corrected chi connectivity index (χ2v) is 7.04. The van der Waals surface area contributed by atoms with Crippen LogP contribution in [0.4, 0.5) is 0 Å².